The monoisotopic (exact) mass is 296 g/mol. The number of benzene rings is 1. The van der Waals surface area contributed by atoms with Gasteiger partial charge in [0.25, 0.3) is 0 Å². The summed E-state index contributed by atoms with van der Waals surface area (Å²) in [5.41, 5.74) is 2.00. The lowest BCUT2D eigenvalue weighted by atomic mass is 10.3. The maximum atomic E-state index is 4.60. The zero-order chi connectivity index (χ0) is 11.3. The number of nitrogens with zero attached hydrogens (tertiary/aromatic N) is 4. The first-order valence-electron chi connectivity index (χ1n) is 4.78. The highest BCUT2D eigenvalue weighted by atomic mass is 79.9. The van der Waals surface area contributed by atoms with E-state index >= 15 is 0 Å². The Kier molecular flexibility index (Phi) is 2.24. The first kappa shape index (κ1) is 10.2. The third-order valence-electron chi connectivity index (χ3n) is 2.41. The van der Waals surface area contributed by atoms with Gasteiger partial charge in [-0.05, 0) is 42.2 Å². The van der Waals surface area contributed by atoms with E-state index in [-0.39, 0.29) is 0 Å². The molecule has 0 saturated heterocycles. The normalized spacial score (nSPS) is 14.1. The van der Waals surface area contributed by atoms with Gasteiger partial charge in [-0.3, -0.25) is 4.90 Å². The molecule has 1 aliphatic rings. The second-order valence-electron chi connectivity index (χ2n) is 3.73. The Bertz CT molecular complexity index is 652. The number of hydrogen-bond donors (Lipinski definition) is 0. The molecular formula is C10H9BrN4S. The second-order valence-corrected chi connectivity index (χ2v) is 5.31. The molecule has 3 rings (SSSR count). The molecule has 0 atom stereocenters. The van der Waals surface area contributed by atoms with Crippen LogP contribution in [0.3, 0.4) is 0 Å². The van der Waals surface area contributed by atoms with Crippen LogP contribution in [0.5, 0.6) is 0 Å². The highest BCUT2D eigenvalue weighted by molar-refractivity contribution is 9.10. The molecule has 1 aliphatic heterocycles. The van der Waals surface area contributed by atoms with Crippen LogP contribution in [0.1, 0.15) is 5.82 Å². The Labute approximate surface area is 105 Å². The van der Waals surface area contributed by atoms with E-state index in [0.29, 0.717) is 0 Å². The highest BCUT2D eigenvalue weighted by Crippen LogP contribution is 2.26. The van der Waals surface area contributed by atoms with E-state index in [4.69, 9.17) is 0 Å². The zero-order valence-electron chi connectivity index (χ0n) is 8.81. The van der Waals surface area contributed by atoms with E-state index in [2.05, 4.69) is 25.4 Å². The van der Waals surface area contributed by atoms with E-state index < -0.39 is 0 Å². The lowest BCUT2D eigenvalue weighted by Gasteiger charge is -2.06. The fraction of sp³-hybridized carbons (Fsp3) is 0.200. The third-order valence-corrected chi connectivity index (χ3v) is 4.02. The summed E-state index contributed by atoms with van der Waals surface area (Å²) in [6, 6.07) is 5.99. The Morgan fingerprint density at radius 3 is 2.94 bits per heavy atom. The summed E-state index contributed by atoms with van der Waals surface area (Å²) in [7, 11) is 4.00. The van der Waals surface area contributed by atoms with Gasteiger partial charge in [-0.2, -0.15) is 4.68 Å². The molecule has 2 aromatic rings. The molecule has 0 saturated carbocycles. The summed E-state index contributed by atoms with van der Waals surface area (Å²) >= 11 is 4.99. The van der Waals surface area contributed by atoms with Crippen molar-refractivity contribution in [3.8, 4) is 0 Å². The third kappa shape index (κ3) is 1.30. The second kappa shape index (κ2) is 3.51. The number of halogens is 1. The van der Waals surface area contributed by atoms with Gasteiger partial charge in [-0.25, -0.2) is 4.98 Å². The SMILES string of the molecule is CN(C)C1=S=Nn2c1nc1cccc(Br)c12. The van der Waals surface area contributed by atoms with Gasteiger partial charge >= 0.3 is 0 Å². The fourth-order valence-electron chi connectivity index (χ4n) is 1.69. The molecule has 0 N–H and O–H groups in total. The van der Waals surface area contributed by atoms with Gasteiger partial charge in [0.2, 0.25) is 0 Å². The molecule has 1 aromatic carbocycles. The molecule has 6 heteroatoms. The van der Waals surface area contributed by atoms with Gasteiger partial charge in [-0.1, -0.05) is 6.07 Å². The number of hydrogen-bond acceptors (Lipinski definition) is 3. The van der Waals surface area contributed by atoms with Crippen molar-refractivity contribution in [2.45, 2.75) is 0 Å². The predicted molar refractivity (Wildman–Crippen MR) is 70.4 cm³/mol. The zero-order valence-corrected chi connectivity index (χ0v) is 11.2. The van der Waals surface area contributed by atoms with Crippen LogP contribution in [0.4, 0.5) is 0 Å². The van der Waals surface area contributed by atoms with Crippen LogP contribution in [0.25, 0.3) is 11.0 Å². The molecule has 0 radical (unpaired) electrons. The average Bonchev–Trinajstić information content (AvgIpc) is 2.74. The van der Waals surface area contributed by atoms with Gasteiger partial charge < -0.3 is 0 Å². The van der Waals surface area contributed by atoms with Crippen molar-refractivity contribution in [3.05, 3.63) is 28.5 Å². The van der Waals surface area contributed by atoms with Crippen LogP contribution in [0.15, 0.2) is 27.1 Å². The summed E-state index contributed by atoms with van der Waals surface area (Å²) in [6.07, 6.45) is 0. The lowest BCUT2D eigenvalue weighted by Crippen LogP contribution is -2.23. The molecule has 82 valence electrons. The molecule has 1 aromatic heterocycles. The fourth-order valence-corrected chi connectivity index (χ4v) is 2.91. The van der Waals surface area contributed by atoms with Crippen LogP contribution < -0.4 is 0 Å². The standard InChI is InChI=1S/C10H9BrN4S/c1-14(2)10-9-12-7-5-3-4-6(11)8(7)15(9)13-16-10/h3-5H,1-2H3. The van der Waals surface area contributed by atoms with Crippen molar-refractivity contribution in [1.29, 1.82) is 0 Å². The maximum absolute atomic E-state index is 4.60. The minimum absolute atomic E-state index is 0.914. The molecule has 0 bridgehead atoms. The average molecular weight is 297 g/mol. The predicted octanol–water partition coefficient (Wildman–Crippen LogP) is 1.88. The van der Waals surface area contributed by atoms with E-state index in [1.54, 1.807) is 0 Å². The van der Waals surface area contributed by atoms with Gasteiger partial charge in [0.05, 0.1) is 5.52 Å². The Morgan fingerprint density at radius 1 is 1.38 bits per heavy atom. The summed E-state index contributed by atoms with van der Waals surface area (Å²) in [4.78, 5) is 7.70. The smallest absolute Gasteiger partial charge is 0.186 e. The molecular weight excluding hydrogens is 288 g/mol. The summed E-state index contributed by atoms with van der Waals surface area (Å²) < 4.78 is 7.32. The molecule has 0 aliphatic carbocycles. The van der Waals surface area contributed by atoms with Crippen LogP contribution in [-0.2, 0) is 11.1 Å². The Balaban J connectivity index is 2.34. The number of aromatic nitrogens is 2. The van der Waals surface area contributed by atoms with E-state index in [1.807, 2.05) is 41.9 Å². The van der Waals surface area contributed by atoms with Crippen molar-refractivity contribution in [3.63, 3.8) is 0 Å². The minimum Gasteiger partial charge on any atom is -0.268 e. The van der Waals surface area contributed by atoms with E-state index in [9.17, 15) is 0 Å². The van der Waals surface area contributed by atoms with Crippen LogP contribution in [0, 0.1) is 0 Å². The lowest BCUT2D eigenvalue weighted by molar-refractivity contribution is 0.630. The molecule has 0 unspecified atom stereocenters. The van der Waals surface area contributed by atoms with Gasteiger partial charge in [-0.15, -0.1) is 4.47 Å². The molecule has 2 heterocycles. The van der Waals surface area contributed by atoms with Gasteiger partial charge in [0.15, 0.2) is 5.82 Å². The van der Waals surface area contributed by atoms with Crippen LogP contribution in [-0.4, -0.2) is 33.6 Å². The molecule has 0 fully saturated rings. The number of fused-ring (bicyclic) bond motifs is 3. The molecule has 4 nitrogen and oxygen atoms in total. The summed E-state index contributed by atoms with van der Waals surface area (Å²) in [6.45, 7) is 0. The minimum atomic E-state index is 0.914. The molecule has 16 heavy (non-hydrogen) atoms. The maximum Gasteiger partial charge on any atom is 0.186 e. The molecule has 0 spiro atoms. The summed E-state index contributed by atoms with van der Waals surface area (Å²) in [5, 5.41) is 0. The van der Waals surface area contributed by atoms with Crippen molar-refractivity contribution < 1.29 is 0 Å². The van der Waals surface area contributed by atoms with Gasteiger partial charge in [0, 0.05) is 15.6 Å². The van der Waals surface area contributed by atoms with Crippen LogP contribution in [0.2, 0.25) is 0 Å². The quantitative estimate of drug-likeness (QED) is 0.696. The number of imidazole rings is 1. The largest absolute Gasteiger partial charge is 0.268 e. The molecule has 0 amide bonds. The first-order valence-corrected chi connectivity index (χ1v) is 6.35. The van der Waals surface area contributed by atoms with Crippen LogP contribution >= 0.6 is 15.9 Å². The van der Waals surface area contributed by atoms with E-state index in [0.717, 1.165) is 26.3 Å². The highest BCUT2D eigenvalue weighted by Gasteiger charge is 2.21. The topological polar surface area (TPSA) is 33.4 Å². The number of rotatable bonds is 0. The Hall–Kier alpha value is -0.980. The van der Waals surface area contributed by atoms with Crippen molar-refractivity contribution >= 4 is 43.1 Å². The summed E-state index contributed by atoms with van der Waals surface area (Å²) in [5.74, 6) is 0.914. The Morgan fingerprint density at radius 2 is 2.19 bits per heavy atom. The number of para-hydroxylation sites is 1. The first-order chi connectivity index (χ1) is 7.68. The van der Waals surface area contributed by atoms with Crippen molar-refractivity contribution in [2.75, 3.05) is 14.1 Å². The van der Waals surface area contributed by atoms with Crippen molar-refractivity contribution in [2.24, 2.45) is 4.47 Å². The van der Waals surface area contributed by atoms with E-state index in [1.165, 1.54) is 11.1 Å². The van der Waals surface area contributed by atoms with Gasteiger partial charge in [0.1, 0.15) is 10.5 Å². The van der Waals surface area contributed by atoms with Crippen molar-refractivity contribution in [1.82, 2.24) is 14.6 Å².